The van der Waals surface area contributed by atoms with E-state index in [2.05, 4.69) is 5.32 Å². The summed E-state index contributed by atoms with van der Waals surface area (Å²) < 4.78 is 0. The summed E-state index contributed by atoms with van der Waals surface area (Å²) in [7, 11) is 0. The Morgan fingerprint density at radius 1 is 1.60 bits per heavy atom. The molecular weight excluding hydrogens is 196 g/mol. The normalized spacial score (nSPS) is 31.1. The van der Waals surface area contributed by atoms with Gasteiger partial charge in [0, 0.05) is 0 Å². The minimum absolute atomic E-state index is 0.0704. The fourth-order valence-corrected chi connectivity index (χ4v) is 2.24. The monoisotopic (exact) mass is 214 g/mol. The van der Waals surface area contributed by atoms with E-state index in [4.69, 9.17) is 5.73 Å². The van der Waals surface area contributed by atoms with Gasteiger partial charge in [-0.25, -0.2) is 0 Å². The number of carboxylic acid groups (broad SMARTS) is 1. The van der Waals surface area contributed by atoms with Crippen LogP contribution in [0.2, 0.25) is 0 Å². The number of rotatable bonds is 4. The summed E-state index contributed by atoms with van der Waals surface area (Å²) in [5, 5.41) is 12.0. The van der Waals surface area contributed by atoms with Crippen molar-refractivity contribution in [2.24, 2.45) is 11.7 Å². The first-order valence-corrected chi connectivity index (χ1v) is 5.23. The number of carboxylic acids is 1. The molecular formula is C10H18N2O3. The van der Waals surface area contributed by atoms with Crippen molar-refractivity contribution in [3.8, 4) is 0 Å². The zero-order chi connectivity index (χ0) is 11.5. The van der Waals surface area contributed by atoms with Crippen LogP contribution in [-0.2, 0) is 9.59 Å². The van der Waals surface area contributed by atoms with Crippen LogP contribution in [0.25, 0.3) is 0 Å². The first-order valence-electron chi connectivity index (χ1n) is 5.23. The van der Waals surface area contributed by atoms with E-state index in [1.807, 2.05) is 6.92 Å². The van der Waals surface area contributed by atoms with E-state index in [0.717, 1.165) is 12.8 Å². The number of nitrogens with one attached hydrogen (secondary N) is 1. The lowest BCUT2D eigenvalue weighted by molar-refractivity contribution is -0.147. The maximum Gasteiger partial charge on any atom is 0.323 e. The maximum atomic E-state index is 11.2. The van der Waals surface area contributed by atoms with Crippen LogP contribution in [-0.4, -0.2) is 29.1 Å². The van der Waals surface area contributed by atoms with Gasteiger partial charge in [0.05, 0.1) is 6.54 Å². The third kappa shape index (κ3) is 2.92. The number of hydrogen-bond acceptors (Lipinski definition) is 3. The Hall–Kier alpha value is -1.10. The Labute approximate surface area is 89.0 Å². The van der Waals surface area contributed by atoms with Gasteiger partial charge >= 0.3 is 5.97 Å². The maximum absolute atomic E-state index is 11.2. The Bertz CT molecular complexity index is 267. The minimum atomic E-state index is -0.952. The molecule has 0 aromatic heterocycles. The molecule has 1 amide bonds. The van der Waals surface area contributed by atoms with E-state index in [9.17, 15) is 14.7 Å². The van der Waals surface area contributed by atoms with Gasteiger partial charge < -0.3 is 10.8 Å². The van der Waals surface area contributed by atoms with E-state index in [1.54, 1.807) is 0 Å². The Morgan fingerprint density at radius 2 is 2.27 bits per heavy atom. The molecule has 0 radical (unpaired) electrons. The third-order valence-electron chi connectivity index (χ3n) is 3.01. The summed E-state index contributed by atoms with van der Waals surface area (Å²) >= 11 is 0. The Kier molecular flexibility index (Phi) is 3.68. The van der Waals surface area contributed by atoms with Gasteiger partial charge in [-0.2, -0.15) is 0 Å². The zero-order valence-corrected chi connectivity index (χ0v) is 8.95. The van der Waals surface area contributed by atoms with Crippen LogP contribution in [0.1, 0.15) is 32.6 Å². The zero-order valence-electron chi connectivity index (χ0n) is 8.95. The second kappa shape index (κ2) is 4.61. The van der Waals surface area contributed by atoms with Crippen LogP contribution < -0.4 is 11.1 Å². The van der Waals surface area contributed by atoms with E-state index in [1.165, 1.54) is 0 Å². The molecule has 86 valence electrons. The van der Waals surface area contributed by atoms with Gasteiger partial charge in [-0.15, -0.1) is 0 Å². The first-order chi connectivity index (χ1) is 6.96. The van der Waals surface area contributed by atoms with Crippen molar-refractivity contribution in [1.29, 1.82) is 0 Å². The number of amides is 1. The molecule has 1 saturated carbocycles. The highest BCUT2D eigenvalue weighted by Crippen LogP contribution is 2.32. The summed E-state index contributed by atoms with van der Waals surface area (Å²) in [6.07, 6.45) is 3.06. The van der Waals surface area contributed by atoms with Crippen LogP contribution >= 0.6 is 0 Å². The molecule has 1 fully saturated rings. The number of aliphatic carboxylic acids is 1. The smallest absolute Gasteiger partial charge is 0.323 e. The van der Waals surface area contributed by atoms with Crippen molar-refractivity contribution in [3.63, 3.8) is 0 Å². The van der Waals surface area contributed by atoms with E-state index >= 15 is 0 Å². The van der Waals surface area contributed by atoms with Crippen molar-refractivity contribution >= 4 is 11.9 Å². The molecule has 0 saturated heterocycles. The molecule has 5 nitrogen and oxygen atoms in total. The highest BCUT2D eigenvalue weighted by Gasteiger charge is 2.41. The van der Waals surface area contributed by atoms with Crippen LogP contribution in [0, 0.1) is 5.92 Å². The molecule has 2 atom stereocenters. The summed E-state index contributed by atoms with van der Waals surface area (Å²) in [6.45, 7) is 1.96. The molecule has 0 aliphatic heterocycles. The number of carbonyl (C=O) groups is 2. The topological polar surface area (TPSA) is 92.4 Å². The highest BCUT2D eigenvalue weighted by molar-refractivity contribution is 5.81. The van der Waals surface area contributed by atoms with Gasteiger partial charge in [-0.1, -0.05) is 19.8 Å². The summed E-state index contributed by atoms with van der Waals surface area (Å²) in [5.74, 6) is -1.03. The lowest BCUT2D eigenvalue weighted by Gasteiger charge is -2.36. The van der Waals surface area contributed by atoms with Crippen molar-refractivity contribution in [3.05, 3.63) is 0 Å². The number of hydrogen-bond donors (Lipinski definition) is 3. The lowest BCUT2D eigenvalue weighted by Crippen LogP contribution is -2.56. The average molecular weight is 214 g/mol. The van der Waals surface area contributed by atoms with E-state index in [-0.39, 0.29) is 6.54 Å². The van der Waals surface area contributed by atoms with Crippen LogP contribution in [0.4, 0.5) is 0 Å². The Morgan fingerprint density at radius 3 is 2.73 bits per heavy atom. The molecule has 1 aliphatic rings. The predicted octanol–water partition coefficient (Wildman–Crippen LogP) is 0.0948. The molecule has 1 rings (SSSR count). The van der Waals surface area contributed by atoms with Gasteiger partial charge in [0.2, 0.25) is 5.91 Å². The molecule has 0 aromatic carbocycles. The average Bonchev–Trinajstić information content (AvgIpc) is 2.14. The molecule has 1 aliphatic carbocycles. The fraction of sp³-hybridized carbons (Fsp3) is 0.800. The molecule has 15 heavy (non-hydrogen) atoms. The summed E-state index contributed by atoms with van der Waals surface area (Å²) in [5.41, 5.74) is 4.06. The van der Waals surface area contributed by atoms with Crippen molar-refractivity contribution in [2.45, 2.75) is 38.1 Å². The standard InChI is InChI=1S/C10H18N2O3/c1-7-3-2-4-10(5-7,9(14)15)12-6-8(11)13/h7,12H,2-6H2,1H3,(H2,11,13)(H,14,15). The summed E-state index contributed by atoms with van der Waals surface area (Å²) in [4.78, 5) is 21.9. The van der Waals surface area contributed by atoms with Crippen molar-refractivity contribution in [1.82, 2.24) is 5.32 Å². The van der Waals surface area contributed by atoms with E-state index < -0.39 is 17.4 Å². The van der Waals surface area contributed by atoms with Crippen molar-refractivity contribution in [2.75, 3.05) is 6.54 Å². The SMILES string of the molecule is CC1CCCC(NCC(N)=O)(C(=O)O)C1. The van der Waals surface area contributed by atoms with Crippen molar-refractivity contribution < 1.29 is 14.7 Å². The number of nitrogens with two attached hydrogens (primary N) is 1. The first kappa shape index (κ1) is 12.0. The molecule has 0 heterocycles. The van der Waals surface area contributed by atoms with Gasteiger partial charge in [0.1, 0.15) is 5.54 Å². The molecule has 0 spiro atoms. The van der Waals surface area contributed by atoms with Gasteiger partial charge in [0.25, 0.3) is 0 Å². The van der Waals surface area contributed by atoms with Crippen LogP contribution in [0.3, 0.4) is 0 Å². The number of carbonyl (C=O) groups excluding carboxylic acids is 1. The largest absolute Gasteiger partial charge is 0.480 e. The molecule has 0 bridgehead atoms. The molecule has 0 aromatic rings. The van der Waals surface area contributed by atoms with Crippen LogP contribution in [0.5, 0.6) is 0 Å². The van der Waals surface area contributed by atoms with Gasteiger partial charge in [0.15, 0.2) is 0 Å². The highest BCUT2D eigenvalue weighted by atomic mass is 16.4. The lowest BCUT2D eigenvalue weighted by atomic mass is 9.76. The van der Waals surface area contributed by atoms with Gasteiger partial charge in [-0.05, 0) is 18.8 Å². The third-order valence-corrected chi connectivity index (χ3v) is 3.01. The van der Waals surface area contributed by atoms with E-state index in [0.29, 0.717) is 18.8 Å². The van der Waals surface area contributed by atoms with Crippen LogP contribution in [0.15, 0.2) is 0 Å². The molecule has 2 unspecified atom stereocenters. The summed E-state index contributed by atoms with van der Waals surface area (Å²) in [6, 6.07) is 0. The second-order valence-electron chi connectivity index (χ2n) is 4.41. The minimum Gasteiger partial charge on any atom is -0.480 e. The fourth-order valence-electron chi connectivity index (χ4n) is 2.24. The Balaban J connectivity index is 2.69. The number of primary amides is 1. The van der Waals surface area contributed by atoms with Gasteiger partial charge in [-0.3, -0.25) is 14.9 Å². The molecule has 4 N–H and O–H groups in total. The molecule has 5 heteroatoms. The quantitative estimate of drug-likeness (QED) is 0.618. The predicted molar refractivity (Wildman–Crippen MR) is 55.2 cm³/mol. The second-order valence-corrected chi connectivity index (χ2v) is 4.41.